The number of amides is 1. The lowest BCUT2D eigenvalue weighted by molar-refractivity contribution is 0.0937. The Kier molecular flexibility index (Phi) is 5.78. The molecule has 94 valence electrons. The third-order valence-electron chi connectivity index (χ3n) is 2.42. The first kappa shape index (κ1) is 14.3. The van der Waals surface area contributed by atoms with Gasteiger partial charge >= 0.3 is 0 Å². The molecular formula is C12H15BrClNO2. The highest BCUT2D eigenvalue weighted by molar-refractivity contribution is 9.09. The Morgan fingerprint density at radius 3 is 2.82 bits per heavy atom. The molecule has 1 aromatic rings. The number of carbonyl (C=O) groups excluding carboxylic acids is 1. The van der Waals surface area contributed by atoms with Crippen LogP contribution < -0.4 is 10.1 Å². The van der Waals surface area contributed by atoms with Gasteiger partial charge in [0.2, 0.25) is 0 Å². The van der Waals surface area contributed by atoms with Crippen LogP contribution in [0.25, 0.3) is 0 Å². The number of benzene rings is 1. The van der Waals surface area contributed by atoms with Crippen LogP contribution in [-0.2, 0) is 0 Å². The average molecular weight is 321 g/mol. The maximum atomic E-state index is 12.0. The summed E-state index contributed by atoms with van der Waals surface area (Å²) in [5.41, 5.74) is 0.497. The fourth-order valence-electron chi connectivity index (χ4n) is 1.37. The monoisotopic (exact) mass is 319 g/mol. The molecule has 0 bridgehead atoms. The zero-order valence-electron chi connectivity index (χ0n) is 9.80. The third kappa shape index (κ3) is 3.89. The average Bonchev–Trinajstić information content (AvgIpc) is 2.35. The van der Waals surface area contributed by atoms with Gasteiger partial charge in [0.05, 0.1) is 12.7 Å². The summed E-state index contributed by atoms with van der Waals surface area (Å²) >= 11 is 9.20. The van der Waals surface area contributed by atoms with E-state index in [-0.39, 0.29) is 11.9 Å². The van der Waals surface area contributed by atoms with E-state index >= 15 is 0 Å². The predicted octanol–water partition coefficient (Wildman–Crippen LogP) is 3.25. The number of methoxy groups -OCH3 is 1. The number of carbonyl (C=O) groups is 1. The first-order chi connectivity index (χ1) is 8.12. The van der Waals surface area contributed by atoms with E-state index in [1.807, 2.05) is 6.92 Å². The van der Waals surface area contributed by atoms with Gasteiger partial charge in [0.15, 0.2) is 0 Å². The number of hydrogen-bond acceptors (Lipinski definition) is 2. The number of alkyl halides is 1. The number of hydrogen-bond donors (Lipinski definition) is 1. The van der Waals surface area contributed by atoms with Crippen molar-refractivity contribution in [1.82, 2.24) is 5.32 Å². The summed E-state index contributed by atoms with van der Waals surface area (Å²) in [5.74, 6) is 0.337. The fourth-order valence-corrected chi connectivity index (χ4v) is 2.15. The van der Waals surface area contributed by atoms with Gasteiger partial charge in [-0.25, -0.2) is 0 Å². The zero-order valence-corrected chi connectivity index (χ0v) is 12.1. The molecule has 1 unspecified atom stereocenters. The maximum Gasteiger partial charge on any atom is 0.255 e. The van der Waals surface area contributed by atoms with Gasteiger partial charge in [-0.1, -0.05) is 34.5 Å². The van der Waals surface area contributed by atoms with Crippen molar-refractivity contribution in [1.29, 1.82) is 0 Å². The lowest BCUT2D eigenvalue weighted by Crippen LogP contribution is -2.35. The fraction of sp³-hybridized carbons (Fsp3) is 0.417. The summed E-state index contributed by atoms with van der Waals surface area (Å²) in [6, 6.07) is 5.08. The van der Waals surface area contributed by atoms with Gasteiger partial charge in [-0.2, -0.15) is 0 Å². The summed E-state index contributed by atoms with van der Waals surface area (Å²) in [6.45, 7) is 2.02. The van der Waals surface area contributed by atoms with Crippen molar-refractivity contribution in [3.05, 3.63) is 28.8 Å². The minimum absolute atomic E-state index is 0.114. The largest absolute Gasteiger partial charge is 0.496 e. The Morgan fingerprint density at radius 1 is 1.59 bits per heavy atom. The molecular weight excluding hydrogens is 305 g/mol. The maximum absolute atomic E-state index is 12.0. The predicted molar refractivity (Wildman–Crippen MR) is 73.3 cm³/mol. The van der Waals surface area contributed by atoms with Gasteiger partial charge in [-0.15, -0.1) is 0 Å². The lowest BCUT2D eigenvalue weighted by atomic mass is 10.1. The molecule has 0 spiro atoms. The molecule has 0 saturated carbocycles. The molecule has 0 heterocycles. The lowest BCUT2D eigenvalue weighted by Gasteiger charge is -2.15. The van der Waals surface area contributed by atoms with Gasteiger partial charge < -0.3 is 10.1 Å². The van der Waals surface area contributed by atoms with E-state index < -0.39 is 0 Å². The highest BCUT2D eigenvalue weighted by Gasteiger charge is 2.15. The first-order valence-electron chi connectivity index (χ1n) is 5.32. The van der Waals surface area contributed by atoms with Gasteiger partial charge in [0.25, 0.3) is 5.91 Å². The summed E-state index contributed by atoms with van der Waals surface area (Å²) in [4.78, 5) is 12.0. The Labute approximate surface area is 115 Å². The molecule has 1 amide bonds. The summed E-state index contributed by atoms with van der Waals surface area (Å²) in [6.07, 6.45) is 0.868. The van der Waals surface area contributed by atoms with Crippen LogP contribution in [0, 0.1) is 0 Å². The molecule has 17 heavy (non-hydrogen) atoms. The van der Waals surface area contributed by atoms with Crippen molar-refractivity contribution in [2.24, 2.45) is 0 Å². The van der Waals surface area contributed by atoms with Crippen LogP contribution in [0.5, 0.6) is 5.75 Å². The molecule has 0 aliphatic carbocycles. The van der Waals surface area contributed by atoms with Gasteiger partial charge in [-0.05, 0) is 24.6 Å². The molecule has 0 radical (unpaired) electrons. The molecule has 0 fully saturated rings. The van der Waals surface area contributed by atoms with Crippen LogP contribution in [-0.4, -0.2) is 24.4 Å². The van der Waals surface area contributed by atoms with Crippen LogP contribution in [0.2, 0.25) is 5.02 Å². The van der Waals surface area contributed by atoms with Gasteiger partial charge in [0.1, 0.15) is 5.75 Å². The second-order valence-corrected chi connectivity index (χ2v) is 4.66. The Balaban J connectivity index is 2.88. The van der Waals surface area contributed by atoms with Crippen LogP contribution in [0.3, 0.4) is 0 Å². The van der Waals surface area contributed by atoms with Crippen molar-refractivity contribution in [2.75, 3.05) is 12.4 Å². The van der Waals surface area contributed by atoms with Crippen molar-refractivity contribution >= 4 is 33.4 Å². The first-order valence-corrected chi connectivity index (χ1v) is 6.82. The molecule has 0 saturated heterocycles. The third-order valence-corrected chi connectivity index (χ3v) is 3.44. The Bertz CT molecular complexity index is 394. The van der Waals surface area contributed by atoms with E-state index in [0.717, 1.165) is 11.8 Å². The molecule has 0 aliphatic heterocycles. The van der Waals surface area contributed by atoms with Gasteiger partial charge in [0, 0.05) is 16.4 Å². The molecule has 1 rings (SSSR count). The van der Waals surface area contributed by atoms with Crippen LogP contribution in [0.1, 0.15) is 23.7 Å². The summed E-state index contributed by atoms with van der Waals surface area (Å²) in [5, 5.41) is 4.19. The quantitative estimate of drug-likeness (QED) is 0.846. The minimum atomic E-state index is -0.148. The Morgan fingerprint density at radius 2 is 2.29 bits per heavy atom. The van der Waals surface area contributed by atoms with E-state index in [0.29, 0.717) is 16.3 Å². The van der Waals surface area contributed by atoms with Crippen molar-refractivity contribution < 1.29 is 9.53 Å². The SMILES string of the molecule is CCC(CBr)NC(=O)c1ccc(Cl)cc1OC. The van der Waals surface area contributed by atoms with Crippen LogP contribution in [0.15, 0.2) is 18.2 Å². The zero-order chi connectivity index (χ0) is 12.8. The van der Waals surface area contributed by atoms with Gasteiger partial charge in [-0.3, -0.25) is 4.79 Å². The normalized spacial score (nSPS) is 12.0. The Hall–Kier alpha value is -0.740. The smallest absolute Gasteiger partial charge is 0.255 e. The second kappa shape index (κ2) is 6.87. The molecule has 3 nitrogen and oxygen atoms in total. The number of nitrogens with one attached hydrogen (secondary N) is 1. The molecule has 1 N–H and O–H groups in total. The minimum Gasteiger partial charge on any atom is -0.496 e. The highest BCUT2D eigenvalue weighted by atomic mass is 79.9. The topological polar surface area (TPSA) is 38.3 Å². The summed E-state index contributed by atoms with van der Waals surface area (Å²) in [7, 11) is 1.52. The summed E-state index contributed by atoms with van der Waals surface area (Å²) < 4.78 is 5.14. The van der Waals surface area contributed by atoms with E-state index in [4.69, 9.17) is 16.3 Å². The van der Waals surface area contributed by atoms with Crippen LogP contribution in [0.4, 0.5) is 0 Å². The molecule has 0 aliphatic rings. The molecule has 1 atom stereocenters. The highest BCUT2D eigenvalue weighted by Crippen LogP contribution is 2.23. The second-order valence-electron chi connectivity index (χ2n) is 3.58. The standard InChI is InChI=1S/C12H15BrClNO2/c1-3-9(7-13)15-12(16)10-5-4-8(14)6-11(10)17-2/h4-6,9H,3,7H2,1-2H3,(H,15,16). The van der Waals surface area contributed by atoms with E-state index in [9.17, 15) is 4.79 Å². The van der Waals surface area contributed by atoms with Crippen molar-refractivity contribution in [3.63, 3.8) is 0 Å². The van der Waals surface area contributed by atoms with E-state index in [1.165, 1.54) is 7.11 Å². The number of halogens is 2. The number of rotatable bonds is 5. The molecule has 0 aromatic heterocycles. The molecule has 5 heteroatoms. The van der Waals surface area contributed by atoms with E-state index in [2.05, 4.69) is 21.2 Å². The number of ether oxygens (including phenoxy) is 1. The molecule has 1 aromatic carbocycles. The van der Waals surface area contributed by atoms with Crippen molar-refractivity contribution in [3.8, 4) is 5.75 Å². The van der Waals surface area contributed by atoms with E-state index in [1.54, 1.807) is 18.2 Å². The van der Waals surface area contributed by atoms with Crippen molar-refractivity contribution in [2.45, 2.75) is 19.4 Å². The van der Waals surface area contributed by atoms with Crippen LogP contribution >= 0.6 is 27.5 Å².